The Morgan fingerprint density at radius 2 is 1.75 bits per heavy atom. The first-order chi connectivity index (χ1) is 9.75. The summed E-state index contributed by atoms with van der Waals surface area (Å²) in [5, 5.41) is 10.4. The van der Waals surface area contributed by atoms with Crippen LogP contribution in [0.5, 0.6) is 0 Å². The van der Waals surface area contributed by atoms with E-state index in [4.69, 9.17) is 4.42 Å². The van der Waals surface area contributed by atoms with Crippen LogP contribution in [0.15, 0.2) is 41.0 Å². The fourth-order valence-corrected chi connectivity index (χ4v) is 3.20. The minimum absolute atomic E-state index is 0.649. The minimum Gasteiger partial charge on any atom is -0.466 e. The Bertz CT molecular complexity index is 547. The highest BCUT2D eigenvalue weighted by Crippen LogP contribution is 2.33. The van der Waals surface area contributed by atoms with Crippen molar-refractivity contribution < 1.29 is 9.52 Å². The summed E-state index contributed by atoms with van der Waals surface area (Å²) in [6.07, 6.45) is 7.65. The van der Waals surface area contributed by atoms with Crippen LogP contribution in [-0.4, -0.2) is 5.11 Å². The summed E-state index contributed by atoms with van der Waals surface area (Å²) in [7, 11) is 0. The van der Waals surface area contributed by atoms with E-state index in [0.29, 0.717) is 11.7 Å². The molecule has 2 heteroatoms. The van der Waals surface area contributed by atoms with Crippen LogP contribution in [0.2, 0.25) is 0 Å². The summed E-state index contributed by atoms with van der Waals surface area (Å²) in [6.45, 7) is 1.96. The fraction of sp³-hybridized carbons (Fsp3) is 0.444. The highest BCUT2D eigenvalue weighted by molar-refractivity contribution is 5.32. The molecular weight excluding hydrogens is 248 g/mol. The number of rotatable bonds is 3. The molecule has 1 aliphatic rings. The molecule has 0 spiro atoms. The van der Waals surface area contributed by atoms with Gasteiger partial charge in [0.15, 0.2) is 0 Å². The van der Waals surface area contributed by atoms with Crippen molar-refractivity contribution in [2.45, 2.75) is 51.0 Å². The number of benzene rings is 1. The Kier molecular flexibility index (Phi) is 3.93. The van der Waals surface area contributed by atoms with Gasteiger partial charge in [-0.2, -0.15) is 0 Å². The van der Waals surface area contributed by atoms with Gasteiger partial charge in [-0.15, -0.1) is 0 Å². The molecule has 0 amide bonds. The predicted molar refractivity (Wildman–Crippen MR) is 79.8 cm³/mol. The van der Waals surface area contributed by atoms with E-state index in [-0.39, 0.29) is 0 Å². The number of hydrogen-bond donors (Lipinski definition) is 1. The van der Waals surface area contributed by atoms with Gasteiger partial charge >= 0.3 is 0 Å². The summed E-state index contributed by atoms with van der Waals surface area (Å²) in [4.78, 5) is 0. The van der Waals surface area contributed by atoms with Crippen molar-refractivity contribution >= 4 is 0 Å². The van der Waals surface area contributed by atoms with Crippen LogP contribution >= 0.6 is 0 Å². The Hall–Kier alpha value is -1.54. The van der Waals surface area contributed by atoms with E-state index in [9.17, 15) is 5.11 Å². The molecule has 20 heavy (non-hydrogen) atoms. The van der Waals surface area contributed by atoms with Crippen LogP contribution in [0.4, 0.5) is 0 Å². The lowest BCUT2D eigenvalue weighted by Gasteiger charge is -2.22. The second-order valence-electron chi connectivity index (χ2n) is 5.87. The van der Waals surface area contributed by atoms with E-state index in [1.165, 1.54) is 37.7 Å². The zero-order valence-corrected chi connectivity index (χ0v) is 12.0. The van der Waals surface area contributed by atoms with E-state index < -0.39 is 6.10 Å². The van der Waals surface area contributed by atoms with Crippen LogP contribution in [0.25, 0.3) is 0 Å². The van der Waals surface area contributed by atoms with Gasteiger partial charge in [-0.1, -0.05) is 43.5 Å². The zero-order chi connectivity index (χ0) is 13.9. The van der Waals surface area contributed by atoms with Gasteiger partial charge in [-0.3, -0.25) is 0 Å². The van der Waals surface area contributed by atoms with Crippen LogP contribution in [0, 0.1) is 6.92 Å². The van der Waals surface area contributed by atoms with Gasteiger partial charge in [0, 0.05) is 0 Å². The molecule has 1 aromatic heterocycles. The second kappa shape index (κ2) is 5.84. The maximum Gasteiger partial charge on any atom is 0.139 e. The molecule has 1 atom stereocenters. The Labute approximate surface area is 120 Å². The Morgan fingerprint density at radius 3 is 2.35 bits per heavy atom. The van der Waals surface area contributed by atoms with Gasteiger partial charge in [0.25, 0.3) is 0 Å². The predicted octanol–water partition coefficient (Wildman–Crippen LogP) is 4.72. The average molecular weight is 270 g/mol. The first-order valence-electron chi connectivity index (χ1n) is 7.57. The summed E-state index contributed by atoms with van der Waals surface area (Å²) < 4.78 is 5.38. The molecule has 0 radical (unpaired) electrons. The van der Waals surface area contributed by atoms with Gasteiger partial charge in [0.1, 0.15) is 11.9 Å². The van der Waals surface area contributed by atoms with E-state index >= 15 is 0 Å². The van der Waals surface area contributed by atoms with Gasteiger partial charge in [-0.05, 0) is 48.4 Å². The van der Waals surface area contributed by atoms with Crippen molar-refractivity contribution in [1.82, 2.24) is 0 Å². The largest absolute Gasteiger partial charge is 0.466 e. The first kappa shape index (κ1) is 13.4. The third kappa shape index (κ3) is 2.66. The quantitative estimate of drug-likeness (QED) is 0.875. The number of aryl methyl sites for hydroxylation is 1. The van der Waals surface area contributed by atoms with E-state index in [1.54, 1.807) is 6.26 Å². The molecular formula is C18H22O2. The lowest BCUT2D eigenvalue weighted by molar-refractivity contribution is 0.188. The van der Waals surface area contributed by atoms with Gasteiger partial charge < -0.3 is 9.52 Å². The van der Waals surface area contributed by atoms with E-state index in [2.05, 4.69) is 12.1 Å². The maximum absolute atomic E-state index is 10.4. The fourth-order valence-electron chi connectivity index (χ4n) is 3.20. The van der Waals surface area contributed by atoms with Crippen molar-refractivity contribution in [1.29, 1.82) is 0 Å². The third-order valence-corrected chi connectivity index (χ3v) is 4.48. The number of aliphatic hydroxyl groups excluding tert-OH is 1. The SMILES string of the molecule is Cc1ccoc1C(O)c1ccc(C2CCCCC2)cc1. The number of hydrogen-bond acceptors (Lipinski definition) is 2. The van der Waals surface area contributed by atoms with Crippen LogP contribution in [-0.2, 0) is 0 Å². The second-order valence-corrected chi connectivity index (χ2v) is 5.87. The van der Waals surface area contributed by atoms with Crippen molar-refractivity contribution in [3.63, 3.8) is 0 Å². The summed E-state index contributed by atoms with van der Waals surface area (Å²) in [5.74, 6) is 1.36. The van der Waals surface area contributed by atoms with Crippen LogP contribution in [0.1, 0.15) is 66.6 Å². The molecule has 0 bridgehead atoms. The number of furan rings is 1. The molecule has 1 fully saturated rings. The lowest BCUT2D eigenvalue weighted by atomic mass is 9.84. The lowest BCUT2D eigenvalue weighted by Crippen LogP contribution is -2.05. The molecule has 1 N–H and O–H groups in total. The Morgan fingerprint density at radius 1 is 1.05 bits per heavy atom. The molecule has 106 valence electrons. The highest BCUT2D eigenvalue weighted by Gasteiger charge is 2.18. The normalized spacial score (nSPS) is 18.1. The molecule has 1 saturated carbocycles. The topological polar surface area (TPSA) is 33.4 Å². The van der Waals surface area contributed by atoms with E-state index in [0.717, 1.165) is 11.1 Å². The molecule has 1 aliphatic carbocycles. The first-order valence-corrected chi connectivity index (χ1v) is 7.57. The zero-order valence-electron chi connectivity index (χ0n) is 12.0. The average Bonchev–Trinajstić information content (AvgIpc) is 2.94. The monoisotopic (exact) mass is 270 g/mol. The van der Waals surface area contributed by atoms with Crippen molar-refractivity contribution in [2.75, 3.05) is 0 Å². The van der Waals surface area contributed by atoms with E-state index in [1.807, 2.05) is 25.1 Å². The van der Waals surface area contributed by atoms with Gasteiger partial charge in [-0.25, -0.2) is 0 Å². The smallest absolute Gasteiger partial charge is 0.139 e. The molecule has 1 aromatic carbocycles. The van der Waals surface area contributed by atoms with Gasteiger partial charge in [0.2, 0.25) is 0 Å². The molecule has 1 heterocycles. The molecule has 1 unspecified atom stereocenters. The molecule has 2 nitrogen and oxygen atoms in total. The molecule has 3 rings (SSSR count). The molecule has 0 saturated heterocycles. The van der Waals surface area contributed by atoms with Crippen molar-refractivity contribution in [3.8, 4) is 0 Å². The highest BCUT2D eigenvalue weighted by atomic mass is 16.4. The minimum atomic E-state index is -0.662. The van der Waals surface area contributed by atoms with Crippen molar-refractivity contribution in [2.24, 2.45) is 0 Å². The summed E-state index contributed by atoms with van der Waals surface area (Å²) in [5.41, 5.74) is 3.31. The summed E-state index contributed by atoms with van der Waals surface area (Å²) >= 11 is 0. The van der Waals surface area contributed by atoms with Gasteiger partial charge in [0.05, 0.1) is 6.26 Å². The van der Waals surface area contributed by atoms with Crippen LogP contribution in [0.3, 0.4) is 0 Å². The van der Waals surface area contributed by atoms with Crippen molar-refractivity contribution in [3.05, 3.63) is 59.0 Å². The summed E-state index contributed by atoms with van der Waals surface area (Å²) in [6, 6.07) is 10.3. The third-order valence-electron chi connectivity index (χ3n) is 4.48. The standard InChI is InChI=1S/C18H22O2/c1-13-11-12-20-18(13)17(19)16-9-7-15(8-10-16)14-5-3-2-4-6-14/h7-12,14,17,19H,2-6H2,1H3. The molecule has 0 aliphatic heterocycles. The number of aliphatic hydroxyl groups is 1. The van der Waals surface area contributed by atoms with Crippen LogP contribution < -0.4 is 0 Å². The maximum atomic E-state index is 10.4. The Balaban J connectivity index is 1.77. The molecule has 2 aromatic rings.